The first-order valence-electron chi connectivity index (χ1n) is 4.44. The molecule has 0 radical (unpaired) electrons. The summed E-state index contributed by atoms with van der Waals surface area (Å²) in [6.45, 7) is 6.98. The molecule has 1 fully saturated rings. The minimum atomic E-state index is 0.653. The molecule has 0 spiro atoms. The minimum Gasteiger partial charge on any atom is -0.0736 e. The lowest BCUT2D eigenvalue weighted by molar-refractivity contribution is 0.224. The lowest BCUT2D eigenvalue weighted by Crippen LogP contribution is -2.29. The van der Waals surface area contributed by atoms with Crippen molar-refractivity contribution in [3.8, 4) is 0 Å². The summed E-state index contributed by atoms with van der Waals surface area (Å²) in [5.74, 6) is 1.84. The van der Waals surface area contributed by atoms with E-state index in [0.29, 0.717) is 5.41 Å². The Morgan fingerprint density at radius 3 is 2.70 bits per heavy atom. The molecular formula is C10H16. The summed E-state index contributed by atoms with van der Waals surface area (Å²) in [4.78, 5) is 0. The number of hydrogen-bond donors (Lipinski definition) is 0. The van der Waals surface area contributed by atoms with E-state index < -0.39 is 0 Å². The first-order chi connectivity index (χ1) is 4.70. The van der Waals surface area contributed by atoms with Gasteiger partial charge in [-0.15, -0.1) is 0 Å². The molecule has 1 saturated carbocycles. The summed E-state index contributed by atoms with van der Waals surface area (Å²) in [6, 6.07) is 0. The van der Waals surface area contributed by atoms with Crippen LogP contribution in [0.2, 0.25) is 0 Å². The molecule has 0 saturated heterocycles. The summed E-state index contributed by atoms with van der Waals surface area (Å²) in [6.07, 6.45) is 5.32. The number of rotatable bonds is 2. The SMILES string of the molecule is CCC1CC2(C(C)C)C=C12. The van der Waals surface area contributed by atoms with E-state index in [-0.39, 0.29) is 0 Å². The molecule has 0 aromatic rings. The van der Waals surface area contributed by atoms with Crippen LogP contribution in [0.3, 0.4) is 0 Å². The van der Waals surface area contributed by atoms with Crippen molar-refractivity contribution in [2.75, 3.05) is 0 Å². The van der Waals surface area contributed by atoms with Gasteiger partial charge in [0.05, 0.1) is 0 Å². The van der Waals surface area contributed by atoms with E-state index in [1.807, 2.05) is 0 Å². The van der Waals surface area contributed by atoms with Crippen molar-refractivity contribution in [2.45, 2.75) is 33.6 Å². The summed E-state index contributed by atoms with van der Waals surface area (Å²) in [5.41, 5.74) is 2.44. The van der Waals surface area contributed by atoms with Crippen LogP contribution in [0, 0.1) is 17.3 Å². The summed E-state index contributed by atoms with van der Waals surface area (Å²) in [5, 5.41) is 0. The van der Waals surface area contributed by atoms with Gasteiger partial charge in [-0.05, 0) is 24.7 Å². The van der Waals surface area contributed by atoms with Gasteiger partial charge < -0.3 is 0 Å². The zero-order valence-electron chi connectivity index (χ0n) is 7.15. The third kappa shape index (κ3) is 0.531. The van der Waals surface area contributed by atoms with Crippen LogP contribution in [0.5, 0.6) is 0 Å². The number of hydrogen-bond acceptors (Lipinski definition) is 0. The molecule has 2 atom stereocenters. The molecule has 0 bridgehead atoms. The van der Waals surface area contributed by atoms with Crippen molar-refractivity contribution in [3.05, 3.63) is 11.6 Å². The van der Waals surface area contributed by atoms with E-state index in [2.05, 4.69) is 26.8 Å². The summed E-state index contributed by atoms with van der Waals surface area (Å²) >= 11 is 0. The normalized spacial score (nSPS) is 42.4. The van der Waals surface area contributed by atoms with E-state index in [9.17, 15) is 0 Å². The monoisotopic (exact) mass is 136 g/mol. The van der Waals surface area contributed by atoms with E-state index in [1.54, 1.807) is 5.57 Å². The molecule has 0 nitrogen and oxygen atoms in total. The Hall–Kier alpha value is -0.260. The number of allylic oxidation sites excluding steroid dienone is 2. The van der Waals surface area contributed by atoms with E-state index in [1.165, 1.54) is 12.8 Å². The standard InChI is InChI=1S/C10H16/c1-4-8-5-10(7(2)3)6-9(8)10/h6-8H,4-5H2,1-3H3. The second kappa shape index (κ2) is 1.66. The van der Waals surface area contributed by atoms with Crippen LogP contribution in [0.4, 0.5) is 0 Å². The van der Waals surface area contributed by atoms with Crippen molar-refractivity contribution < 1.29 is 0 Å². The van der Waals surface area contributed by atoms with Gasteiger partial charge >= 0.3 is 0 Å². The molecule has 0 N–H and O–H groups in total. The van der Waals surface area contributed by atoms with Crippen LogP contribution in [0.25, 0.3) is 0 Å². The Labute approximate surface area is 63.3 Å². The van der Waals surface area contributed by atoms with Crippen molar-refractivity contribution >= 4 is 0 Å². The summed E-state index contributed by atoms with van der Waals surface area (Å²) in [7, 11) is 0. The Morgan fingerprint density at radius 2 is 2.40 bits per heavy atom. The van der Waals surface area contributed by atoms with Crippen molar-refractivity contribution in [1.82, 2.24) is 0 Å². The quantitative estimate of drug-likeness (QED) is 0.512. The Balaban J connectivity index is 1.99. The zero-order valence-corrected chi connectivity index (χ0v) is 7.15. The molecule has 2 unspecified atom stereocenters. The fourth-order valence-electron chi connectivity index (χ4n) is 2.40. The van der Waals surface area contributed by atoms with Gasteiger partial charge in [-0.3, -0.25) is 0 Å². The van der Waals surface area contributed by atoms with Gasteiger partial charge in [-0.25, -0.2) is 0 Å². The van der Waals surface area contributed by atoms with Gasteiger partial charge in [0.1, 0.15) is 0 Å². The van der Waals surface area contributed by atoms with Crippen LogP contribution < -0.4 is 0 Å². The minimum absolute atomic E-state index is 0.653. The molecule has 10 heavy (non-hydrogen) atoms. The van der Waals surface area contributed by atoms with Gasteiger partial charge in [-0.1, -0.05) is 32.4 Å². The predicted octanol–water partition coefficient (Wildman–Crippen LogP) is 3.00. The van der Waals surface area contributed by atoms with Crippen LogP contribution in [0.15, 0.2) is 11.6 Å². The Bertz CT molecular complexity index is 188. The van der Waals surface area contributed by atoms with Crippen LogP contribution in [-0.2, 0) is 0 Å². The molecule has 0 amide bonds. The highest BCUT2D eigenvalue weighted by atomic mass is 14.6. The van der Waals surface area contributed by atoms with Crippen LogP contribution in [0.1, 0.15) is 33.6 Å². The molecule has 0 aromatic carbocycles. The maximum Gasteiger partial charge on any atom is 0.0126 e. The van der Waals surface area contributed by atoms with Crippen molar-refractivity contribution in [3.63, 3.8) is 0 Å². The van der Waals surface area contributed by atoms with Gasteiger partial charge in [-0.2, -0.15) is 0 Å². The predicted molar refractivity (Wildman–Crippen MR) is 43.8 cm³/mol. The third-order valence-corrected chi connectivity index (χ3v) is 3.41. The number of fused-ring (bicyclic) bond motifs is 1. The average molecular weight is 136 g/mol. The Kier molecular flexibility index (Phi) is 1.07. The largest absolute Gasteiger partial charge is 0.0736 e. The maximum atomic E-state index is 2.51. The fraction of sp³-hybridized carbons (Fsp3) is 0.800. The zero-order chi connectivity index (χ0) is 7.35. The topological polar surface area (TPSA) is 0 Å². The average Bonchev–Trinajstić information content (AvgIpc) is 2.40. The first kappa shape index (κ1) is 6.45. The van der Waals surface area contributed by atoms with Crippen molar-refractivity contribution in [2.24, 2.45) is 17.3 Å². The highest BCUT2D eigenvalue weighted by Crippen LogP contribution is 2.68. The van der Waals surface area contributed by atoms with E-state index >= 15 is 0 Å². The molecule has 2 rings (SSSR count). The first-order valence-corrected chi connectivity index (χ1v) is 4.44. The van der Waals surface area contributed by atoms with E-state index in [4.69, 9.17) is 0 Å². The molecule has 0 heteroatoms. The molecular weight excluding hydrogens is 120 g/mol. The maximum absolute atomic E-state index is 2.51. The lowest BCUT2D eigenvalue weighted by Gasteiger charge is -2.37. The third-order valence-electron chi connectivity index (χ3n) is 3.41. The van der Waals surface area contributed by atoms with Gasteiger partial charge in [0.25, 0.3) is 0 Å². The van der Waals surface area contributed by atoms with Crippen LogP contribution >= 0.6 is 0 Å². The molecule has 2 aliphatic rings. The van der Waals surface area contributed by atoms with E-state index in [0.717, 1.165) is 11.8 Å². The molecule has 0 heterocycles. The van der Waals surface area contributed by atoms with Gasteiger partial charge in [0.2, 0.25) is 0 Å². The molecule has 56 valence electrons. The second-order valence-electron chi connectivity index (χ2n) is 4.10. The highest BCUT2D eigenvalue weighted by molar-refractivity contribution is 5.49. The van der Waals surface area contributed by atoms with Crippen LogP contribution in [-0.4, -0.2) is 0 Å². The van der Waals surface area contributed by atoms with Gasteiger partial charge in [0, 0.05) is 5.41 Å². The second-order valence-corrected chi connectivity index (χ2v) is 4.10. The molecule has 2 aliphatic carbocycles. The smallest absolute Gasteiger partial charge is 0.0126 e. The van der Waals surface area contributed by atoms with Crippen molar-refractivity contribution in [1.29, 1.82) is 0 Å². The lowest BCUT2D eigenvalue weighted by atomic mass is 9.66. The summed E-state index contributed by atoms with van der Waals surface area (Å²) < 4.78 is 0. The fourth-order valence-corrected chi connectivity index (χ4v) is 2.40. The van der Waals surface area contributed by atoms with Gasteiger partial charge in [0.15, 0.2) is 0 Å². The Morgan fingerprint density at radius 1 is 1.70 bits per heavy atom. The molecule has 0 aliphatic heterocycles. The molecule has 0 aromatic heterocycles. The highest BCUT2D eigenvalue weighted by Gasteiger charge is 2.58.